The van der Waals surface area contributed by atoms with Gasteiger partial charge in [-0.15, -0.1) is 11.3 Å². The number of anilines is 2. The number of allylic oxidation sites excluding steroid dienone is 1. The fraction of sp³-hybridized carbons (Fsp3) is 0.400. The summed E-state index contributed by atoms with van der Waals surface area (Å²) >= 11 is 1.61. The molecule has 1 aliphatic carbocycles. The summed E-state index contributed by atoms with van der Waals surface area (Å²) in [5.41, 5.74) is 9.04. The Morgan fingerprint density at radius 2 is 1.88 bits per heavy atom. The number of rotatable bonds is 4. The molecule has 0 saturated carbocycles. The number of primary amides is 1. The van der Waals surface area contributed by atoms with Crippen molar-refractivity contribution < 1.29 is 14.4 Å². The molecule has 2 aliphatic heterocycles. The van der Waals surface area contributed by atoms with Crippen LogP contribution >= 0.6 is 11.3 Å². The molecule has 2 aromatic rings. The zero-order valence-electron chi connectivity index (χ0n) is 18.5. The molecule has 0 unspecified atom stereocenters. The minimum atomic E-state index is -0.309. The van der Waals surface area contributed by atoms with Gasteiger partial charge in [0.25, 0.3) is 0 Å². The monoisotopic (exact) mass is 464 g/mol. The van der Waals surface area contributed by atoms with Crippen LogP contribution in [0.5, 0.6) is 0 Å². The fourth-order valence-electron chi connectivity index (χ4n) is 5.18. The first-order valence-electron chi connectivity index (χ1n) is 11.5. The van der Waals surface area contributed by atoms with Crippen LogP contribution in [0, 0.1) is 5.92 Å². The van der Waals surface area contributed by atoms with Crippen LogP contribution in [-0.2, 0) is 14.4 Å². The number of nitrogens with one attached hydrogen (secondary N) is 1. The molecule has 8 heteroatoms. The van der Waals surface area contributed by atoms with Gasteiger partial charge < -0.3 is 20.9 Å². The summed E-state index contributed by atoms with van der Waals surface area (Å²) in [6, 6.07) is 11.7. The van der Waals surface area contributed by atoms with Gasteiger partial charge in [-0.05, 0) is 49.3 Å². The van der Waals surface area contributed by atoms with Crippen molar-refractivity contribution in [3.63, 3.8) is 0 Å². The summed E-state index contributed by atoms with van der Waals surface area (Å²) in [4.78, 5) is 43.2. The molecule has 0 spiro atoms. The lowest BCUT2D eigenvalue weighted by molar-refractivity contribution is -0.133. The molecule has 1 aromatic heterocycles. The van der Waals surface area contributed by atoms with Gasteiger partial charge in [0.05, 0.1) is 24.0 Å². The minimum absolute atomic E-state index is 0.00147. The first-order valence-corrected chi connectivity index (χ1v) is 12.4. The molecule has 1 saturated heterocycles. The van der Waals surface area contributed by atoms with E-state index in [1.165, 1.54) is 0 Å². The molecule has 7 nitrogen and oxygen atoms in total. The number of para-hydroxylation sites is 2. The third-order valence-electron chi connectivity index (χ3n) is 6.91. The van der Waals surface area contributed by atoms with E-state index in [-0.39, 0.29) is 36.1 Å². The number of nitrogens with zero attached hydrogens (tertiary/aromatic N) is 2. The van der Waals surface area contributed by atoms with Crippen LogP contribution < -0.4 is 16.0 Å². The molecule has 3 heterocycles. The maximum absolute atomic E-state index is 13.5. The molecule has 2 amide bonds. The summed E-state index contributed by atoms with van der Waals surface area (Å²) in [7, 11) is 0. The van der Waals surface area contributed by atoms with E-state index in [0.29, 0.717) is 32.4 Å². The van der Waals surface area contributed by atoms with Crippen molar-refractivity contribution in [3.8, 4) is 0 Å². The first-order chi connectivity index (χ1) is 16.0. The van der Waals surface area contributed by atoms with E-state index < -0.39 is 0 Å². The van der Waals surface area contributed by atoms with Crippen molar-refractivity contribution in [1.29, 1.82) is 0 Å². The van der Waals surface area contributed by atoms with Crippen LogP contribution in [0.4, 0.5) is 11.4 Å². The highest BCUT2D eigenvalue weighted by Gasteiger charge is 2.38. The van der Waals surface area contributed by atoms with Gasteiger partial charge in [0, 0.05) is 41.6 Å². The summed E-state index contributed by atoms with van der Waals surface area (Å²) < 4.78 is 0. The Labute approximate surface area is 197 Å². The lowest BCUT2D eigenvalue weighted by atomic mass is 9.88. The average Bonchev–Trinajstić information content (AvgIpc) is 3.30. The second-order valence-corrected chi connectivity index (χ2v) is 9.89. The lowest BCUT2D eigenvalue weighted by Gasteiger charge is -2.37. The van der Waals surface area contributed by atoms with Crippen molar-refractivity contribution in [2.24, 2.45) is 11.7 Å². The lowest BCUT2D eigenvalue weighted by Crippen LogP contribution is -2.47. The summed E-state index contributed by atoms with van der Waals surface area (Å²) in [6.45, 7) is 1.21. The number of Topliss-reactive ketones (excluding diaryl/α,β-unsaturated/α-hetero) is 1. The largest absolute Gasteiger partial charge is 0.369 e. The summed E-state index contributed by atoms with van der Waals surface area (Å²) in [5, 5.41) is 5.55. The molecule has 3 aliphatic rings. The highest BCUT2D eigenvalue weighted by molar-refractivity contribution is 7.10. The van der Waals surface area contributed by atoms with Gasteiger partial charge in [0.15, 0.2) is 5.78 Å². The molecule has 1 aromatic carbocycles. The highest BCUT2D eigenvalue weighted by atomic mass is 32.1. The fourth-order valence-corrected chi connectivity index (χ4v) is 6.02. The van der Waals surface area contributed by atoms with Gasteiger partial charge in [0.1, 0.15) is 0 Å². The molecule has 1 fully saturated rings. The van der Waals surface area contributed by atoms with Crippen LogP contribution in [0.2, 0.25) is 0 Å². The smallest absolute Gasteiger partial charge is 0.242 e. The zero-order chi connectivity index (χ0) is 22.9. The van der Waals surface area contributed by atoms with E-state index >= 15 is 0 Å². The van der Waals surface area contributed by atoms with Gasteiger partial charge in [-0.2, -0.15) is 0 Å². The Bertz CT molecular complexity index is 1100. The SMILES string of the molecule is NC(=O)C1CCN(C(=O)CN2c3ccccc3NC3=C(C(=O)CCC3)[C@H]2c2cccs2)CC1. The number of ketones is 1. The van der Waals surface area contributed by atoms with Gasteiger partial charge in [-0.3, -0.25) is 14.4 Å². The Morgan fingerprint density at radius 3 is 2.61 bits per heavy atom. The van der Waals surface area contributed by atoms with Crippen LogP contribution in [-0.4, -0.2) is 42.1 Å². The number of amides is 2. The third kappa shape index (κ3) is 4.15. The van der Waals surface area contributed by atoms with Crippen molar-refractivity contribution in [2.75, 3.05) is 29.9 Å². The number of thiophene rings is 1. The van der Waals surface area contributed by atoms with Crippen molar-refractivity contribution in [3.05, 3.63) is 57.9 Å². The molecule has 1 atom stereocenters. The molecule has 3 N–H and O–H groups in total. The average molecular weight is 465 g/mol. The van der Waals surface area contributed by atoms with Gasteiger partial charge in [-0.1, -0.05) is 18.2 Å². The minimum Gasteiger partial charge on any atom is -0.369 e. The quantitative estimate of drug-likeness (QED) is 0.723. The van der Waals surface area contributed by atoms with E-state index in [2.05, 4.69) is 10.2 Å². The maximum Gasteiger partial charge on any atom is 0.242 e. The van der Waals surface area contributed by atoms with Gasteiger partial charge in [-0.25, -0.2) is 0 Å². The first kappa shape index (κ1) is 21.7. The number of likely N-dealkylation sites (tertiary alicyclic amines) is 1. The number of hydrogen-bond acceptors (Lipinski definition) is 6. The number of carbonyl (C=O) groups excluding carboxylic acids is 3. The third-order valence-corrected chi connectivity index (χ3v) is 7.83. The van der Waals surface area contributed by atoms with Gasteiger partial charge >= 0.3 is 0 Å². The highest BCUT2D eigenvalue weighted by Crippen LogP contribution is 2.45. The van der Waals surface area contributed by atoms with E-state index in [1.54, 1.807) is 11.3 Å². The topological polar surface area (TPSA) is 95.7 Å². The number of carbonyl (C=O) groups is 3. The van der Waals surface area contributed by atoms with E-state index in [4.69, 9.17) is 5.73 Å². The van der Waals surface area contributed by atoms with E-state index in [1.807, 2.05) is 46.7 Å². The second kappa shape index (κ2) is 9.02. The number of piperidine rings is 1. The Balaban J connectivity index is 1.52. The van der Waals surface area contributed by atoms with E-state index in [9.17, 15) is 14.4 Å². The predicted molar refractivity (Wildman–Crippen MR) is 129 cm³/mol. The van der Waals surface area contributed by atoms with Crippen LogP contribution in [0.1, 0.15) is 43.0 Å². The molecule has 5 rings (SSSR count). The summed E-state index contributed by atoms with van der Waals surface area (Å²) in [6.07, 6.45) is 3.38. The van der Waals surface area contributed by atoms with Crippen LogP contribution in [0.3, 0.4) is 0 Å². The molecule has 0 radical (unpaired) electrons. The Kier molecular flexibility index (Phi) is 5.93. The molecule has 172 valence electrons. The number of benzene rings is 1. The van der Waals surface area contributed by atoms with Gasteiger partial charge in [0.2, 0.25) is 11.8 Å². The normalized spacial score (nSPS) is 21.2. The number of nitrogens with two attached hydrogens (primary N) is 1. The Morgan fingerprint density at radius 1 is 1.09 bits per heavy atom. The molecule has 0 bridgehead atoms. The Hall–Kier alpha value is -3.13. The molecular weight excluding hydrogens is 436 g/mol. The standard InChI is InChI=1S/C25H28N4O3S/c26-25(32)16-10-12-28(13-11-16)22(31)15-29-19-7-2-1-5-17(19)27-18-6-3-8-20(30)23(18)24(29)21-9-4-14-33-21/h1-2,4-5,7,9,14,16,24,27H,3,6,8,10-13,15H2,(H2,26,32)/t24-/m1/s1. The van der Waals surface area contributed by atoms with Crippen LogP contribution in [0.25, 0.3) is 0 Å². The zero-order valence-corrected chi connectivity index (χ0v) is 19.3. The molecule has 33 heavy (non-hydrogen) atoms. The predicted octanol–water partition coefficient (Wildman–Crippen LogP) is 3.45. The maximum atomic E-state index is 13.5. The number of hydrogen-bond donors (Lipinski definition) is 2. The van der Waals surface area contributed by atoms with Crippen LogP contribution in [0.15, 0.2) is 53.0 Å². The molecular formula is C25H28N4O3S. The summed E-state index contributed by atoms with van der Waals surface area (Å²) in [5.74, 6) is -0.303. The van der Waals surface area contributed by atoms with Crippen molar-refractivity contribution in [1.82, 2.24) is 4.90 Å². The van der Waals surface area contributed by atoms with Crippen molar-refractivity contribution >= 4 is 40.3 Å². The number of fused-ring (bicyclic) bond motifs is 1. The van der Waals surface area contributed by atoms with Crippen molar-refractivity contribution in [2.45, 2.75) is 38.1 Å². The second-order valence-electron chi connectivity index (χ2n) is 8.91. The van der Waals surface area contributed by atoms with E-state index in [0.717, 1.165) is 40.4 Å².